The van der Waals surface area contributed by atoms with Crippen molar-refractivity contribution < 1.29 is 19.2 Å². The van der Waals surface area contributed by atoms with Crippen molar-refractivity contribution in [2.75, 3.05) is 21.3 Å². The van der Waals surface area contributed by atoms with Gasteiger partial charge in [-0.3, -0.25) is 19.2 Å². The molecule has 0 aromatic heterocycles. The van der Waals surface area contributed by atoms with Gasteiger partial charge in [-0.2, -0.15) is 0 Å². The smallest absolute Gasteiger partial charge is 0.266 e. The van der Waals surface area contributed by atoms with Gasteiger partial charge in [0.15, 0.2) is 0 Å². The maximum Gasteiger partial charge on any atom is 0.266 e. The van der Waals surface area contributed by atoms with E-state index in [1.54, 1.807) is 72.8 Å². The van der Waals surface area contributed by atoms with Gasteiger partial charge >= 0.3 is 0 Å². The molecule has 0 bridgehead atoms. The van der Waals surface area contributed by atoms with E-state index in [1.807, 2.05) is 48.5 Å². The Bertz CT molecular complexity index is 2290. The number of halogens is 2. The molecule has 0 spiro atoms. The van der Waals surface area contributed by atoms with Crippen LogP contribution in [0.1, 0.15) is 41.4 Å². The second kappa shape index (κ2) is 11.9. The lowest BCUT2D eigenvalue weighted by atomic mass is 10.00. The molecule has 242 valence electrons. The first-order chi connectivity index (χ1) is 24.1. The third-order valence-electron chi connectivity index (χ3n) is 8.97. The maximum absolute atomic E-state index is 13.6. The third-order valence-corrected chi connectivity index (χ3v) is 10.3. The van der Waals surface area contributed by atoms with Gasteiger partial charge in [-0.25, -0.2) is 9.80 Å². The van der Waals surface area contributed by atoms with Crippen LogP contribution in [-0.2, 0) is 0 Å². The molecule has 6 aromatic rings. The molecular weight excluding hydrogens is 760 g/mol. The van der Waals surface area contributed by atoms with Crippen molar-refractivity contribution in [3.63, 3.8) is 0 Å². The zero-order chi connectivity index (χ0) is 34.8. The van der Waals surface area contributed by atoms with Crippen LogP contribution in [0.4, 0.5) is 22.7 Å². The number of carbonyl (C=O) groups excluding carboxylic acids is 4. The molecular formula is C40H24Br2N4O4. The number of fused-ring (bicyclic) bond motifs is 2. The van der Waals surface area contributed by atoms with Crippen molar-refractivity contribution in [1.82, 2.24) is 0 Å². The van der Waals surface area contributed by atoms with Gasteiger partial charge in [0, 0.05) is 20.3 Å². The van der Waals surface area contributed by atoms with Gasteiger partial charge in [0.05, 0.1) is 33.6 Å². The quantitative estimate of drug-likeness (QED) is 0.133. The molecule has 10 heteroatoms. The fourth-order valence-electron chi connectivity index (χ4n) is 6.38. The van der Waals surface area contributed by atoms with Crippen LogP contribution in [0.25, 0.3) is 33.4 Å². The normalized spacial score (nSPS) is 13.6. The van der Waals surface area contributed by atoms with Crippen molar-refractivity contribution in [3.05, 3.63) is 153 Å². The number of anilines is 4. The molecule has 2 aliphatic rings. The van der Waals surface area contributed by atoms with Gasteiger partial charge in [-0.1, -0.05) is 80.4 Å². The van der Waals surface area contributed by atoms with Crippen LogP contribution in [0.5, 0.6) is 0 Å². The Morgan fingerprint density at radius 3 is 1.04 bits per heavy atom. The van der Waals surface area contributed by atoms with Gasteiger partial charge in [0.1, 0.15) is 0 Å². The van der Waals surface area contributed by atoms with E-state index in [9.17, 15) is 19.2 Å². The summed E-state index contributed by atoms with van der Waals surface area (Å²) in [6, 6.07) is 35.6. The van der Waals surface area contributed by atoms with Crippen LogP contribution in [0.3, 0.4) is 0 Å². The highest BCUT2D eigenvalue weighted by molar-refractivity contribution is 9.11. The first-order valence-corrected chi connectivity index (χ1v) is 17.0. The highest BCUT2D eigenvalue weighted by Gasteiger charge is 2.38. The molecule has 0 fully saturated rings. The molecule has 6 aromatic carbocycles. The van der Waals surface area contributed by atoms with E-state index in [1.165, 1.54) is 9.80 Å². The van der Waals surface area contributed by atoms with Gasteiger partial charge in [-0.05, 0) is 106 Å². The lowest BCUT2D eigenvalue weighted by Gasteiger charge is -2.18. The molecule has 0 saturated carbocycles. The largest absolute Gasteiger partial charge is 0.399 e. The first-order valence-electron chi connectivity index (χ1n) is 15.5. The van der Waals surface area contributed by atoms with Crippen molar-refractivity contribution in [3.8, 4) is 33.4 Å². The van der Waals surface area contributed by atoms with E-state index < -0.39 is 23.6 Å². The first kappa shape index (κ1) is 31.4. The molecule has 2 heterocycles. The number of carbonyl (C=O) groups is 4. The SMILES string of the molecule is Nc1ccc(-c2ccc3c(c2)C(=O)N(c2ccc(-c4ccc(N5C(=O)c6ccc(-c7ccc(N)cc7)cc6C5=O)cc4Br)c(Br)c2)C3=O)cc1. The summed E-state index contributed by atoms with van der Waals surface area (Å²) in [5, 5.41) is 0. The van der Waals surface area contributed by atoms with E-state index in [4.69, 9.17) is 11.5 Å². The predicted octanol–water partition coefficient (Wildman–Crippen LogP) is 8.98. The number of imide groups is 2. The predicted molar refractivity (Wildman–Crippen MR) is 202 cm³/mol. The summed E-state index contributed by atoms with van der Waals surface area (Å²) in [6.07, 6.45) is 0. The Labute approximate surface area is 303 Å². The number of hydrogen-bond donors (Lipinski definition) is 2. The topological polar surface area (TPSA) is 127 Å². The average molecular weight is 784 g/mol. The molecule has 2 aliphatic heterocycles. The number of nitrogen functional groups attached to an aromatic ring is 2. The summed E-state index contributed by atoms with van der Waals surface area (Å²) in [5.41, 5.74) is 20.0. The monoisotopic (exact) mass is 782 g/mol. The fourth-order valence-corrected chi connectivity index (χ4v) is 7.54. The Balaban J connectivity index is 1.05. The Kier molecular flexibility index (Phi) is 7.50. The Morgan fingerprint density at radius 2 is 0.680 bits per heavy atom. The highest BCUT2D eigenvalue weighted by Crippen LogP contribution is 2.41. The number of nitrogens with two attached hydrogens (primary N) is 2. The molecule has 50 heavy (non-hydrogen) atoms. The molecule has 0 unspecified atom stereocenters. The number of benzene rings is 6. The minimum Gasteiger partial charge on any atom is -0.399 e. The van der Waals surface area contributed by atoms with Crippen molar-refractivity contribution in [2.24, 2.45) is 0 Å². The lowest BCUT2D eigenvalue weighted by Crippen LogP contribution is -2.29. The Hall–Kier alpha value is -5.84. The minimum absolute atomic E-state index is 0.331. The van der Waals surface area contributed by atoms with Gasteiger partial charge < -0.3 is 11.5 Å². The summed E-state index contributed by atoms with van der Waals surface area (Å²) in [7, 11) is 0. The summed E-state index contributed by atoms with van der Waals surface area (Å²) in [6.45, 7) is 0. The van der Waals surface area contributed by atoms with Crippen LogP contribution >= 0.6 is 31.9 Å². The number of nitrogens with zero attached hydrogens (tertiary/aromatic N) is 2. The summed E-state index contributed by atoms with van der Waals surface area (Å²) in [5.74, 6) is -1.62. The van der Waals surface area contributed by atoms with Gasteiger partial charge in [0.2, 0.25) is 0 Å². The van der Waals surface area contributed by atoms with Gasteiger partial charge in [0.25, 0.3) is 23.6 Å². The average Bonchev–Trinajstić information content (AvgIpc) is 3.52. The number of hydrogen-bond acceptors (Lipinski definition) is 6. The van der Waals surface area contributed by atoms with Crippen LogP contribution in [0, 0.1) is 0 Å². The van der Waals surface area contributed by atoms with Gasteiger partial charge in [-0.15, -0.1) is 0 Å². The Morgan fingerprint density at radius 1 is 0.360 bits per heavy atom. The molecule has 0 aliphatic carbocycles. The standard InChI is InChI=1S/C40H24Br2N4O4/c41-35-19-27(45-37(47)31-13-5-23(17-33(31)39(45)49)21-1-7-25(43)8-2-21)11-15-29(35)30-16-12-28(20-36(30)42)46-38(48)32-14-6-24(18-34(32)40(46)50)22-3-9-26(44)10-4-22/h1-20H,43-44H2. The minimum atomic E-state index is -0.408. The molecule has 8 rings (SSSR count). The zero-order valence-electron chi connectivity index (χ0n) is 26.0. The lowest BCUT2D eigenvalue weighted by molar-refractivity contribution is 0.0910. The van der Waals surface area contributed by atoms with E-state index >= 15 is 0 Å². The summed E-state index contributed by atoms with van der Waals surface area (Å²) in [4.78, 5) is 56.3. The molecule has 8 nitrogen and oxygen atoms in total. The van der Waals surface area contributed by atoms with E-state index in [0.29, 0.717) is 53.9 Å². The summed E-state index contributed by atoms with van der Waals surface area (Å²) >= 11 is 7.27. The molecule has 4 amide bonds. The zero-order valence-corrected chi connectivity index (χ0v) is 29.2. The van der Waals surface area contributed by atoms with Crippen LogP contribution in [0.15, 0.2) is 130 Å². The second-order valence-electron chi connectivity index (χ2n) is 12.0. The van der Waals surface area contributed by atoms with E-state index in [2.05, 4.69) is 31.9 Å². The molecule has 0 saturated heterocycles. The number of rotatable bonds is 5. The summed E-state index contributed by atoms with van der Waals surface area (Å²) < 4.78 is 1.27. The van der Waals surface area contributed by atoms with E-state index in [0.717, 1.165) is 33.4 Å². The van der Waals surface area contributed by atoms with Crippen molar-refractivity contribution in [1.29, 1.82) is 0 Å². The molecule has 0 atom stereocenters. The fraction of sp³-hybridized carbons (Fsp3) is 0. The number of amides is 4. The van der Waals surface area contributed by atoms with Crippen molar-refractivity contribution in [2.45, 2.75) is 0 Å². The molecule has 4 N–H and O–H groups in total. The van der Waals surface area contributed by atoms with E-state index in [-0.39, 0.29) is 0 Å². The highest BCUT2D eigenvalue weighted by atomic mass is 79.9. The molecule has 0 radical (unpaired) electrons. The van der Waals surface area contributed by atoms with Crippen LogP contribution < -0.4 is 21.3 Å². The third kappa shape index (κ3) is 5.12. The van der Waals surface area contributed by atoms with Crippen LogP contribution in [-0.4, -0.2) is 23.6 Å². The van der Waals surface area contributed by atoms with Crippen molar-refractivity contribution >= 4 is 78.2 Å². The maximum atomic E-state index is 13.6. The van der Waals surface area contributed by atoms with Crippen LogP contribution in [0.2, 0.25) is 0 Å². The second-order valence-corrected chi connectivity index (χ2v) is 13.7.